The molecule has 2 saturated carbocycles. The highest BCUT2D eigenvalue weighted by Gasteiger charge is 2.26. The van der Waals surface area contributed by atoms with Crippen LogP contribution in [0, 0.1) is 29.4 Å². The zero-order valence-corrected chi connectivity index (χ0v) is 22.3. The van der Waals surface area contributed by atoms with Crippen molar-refractivity contribution in [2.45, 2.75) is 116 Å². The number of benzene rings is 2. The van der Waals surface area contributed by atoms with Gasteiger partial charge in [0.1, 0.15) is 0 Å². The number of rotatable bonds is 9. The predicted octanol–water partition coefficient (Wildman–Crippen LogP) is 10.8. The van der Waals surface area contributed by atoms with E-state index in [4.69, 9.17) is 0 Å². The maximum Gasteiger partial charge on any atom is 0.166 e. The van der Waals surface area contributed by atoms with Crippen LogP contribution in [0.5, 0.6) is 0 Å². The zero-order chi connectivity index (χ0) is 24.8. The summed E-state index contributed by atoms with van der Waals surface area (Å²) in [4.78, 5) is 0. The van der Waals surface area contributed by atoms with Crippen molar-refractivity contribution in [1.82, 2.24) is 0 Å². The minimum atomic E-state index is -0.686. The summed E-state index contributed by atoms with van der Waals surface area (Å²) in [6, 6.07) is 11.9. The molecule has 0 saturated heterocycles. The van der Waals surface area contributed by atoms with Gasteiger partial charge in [-0.05, 0) is 78.4 Å². The molecule has 0 amide bonds. The molecule has 192 valence electrons. The van der Waals surface area contributed by atoms with Crippen LogP contribution in [0.4, 0.5) is 8.78 Å². The second-order valence-corrected chi connectivity index (χ2v) is 11.8. The third kappa shape index (κ3) is 6.55. The minimum absolute atomic E-state index is 0.0523. The summed E-state index contributed by atoms with van der Waals surface area (Å²) in [5.74, 6) is 1.74. The summed E-state index contributed by atoms with van der Waals surface area (Å²) in [5.41, 5.74) is 3.06. The fourth-order valence-corrected chi connectivity index (χ4v) is 7.09. The molecule has 0 bridgehead atoms. The maximum atomic E-state index is 15.2. The van der Waals surface area contributed by atoms with Crippen LogP contribution in [0.25, 0.3) is 11.1 Å². The lowest BCUT2D eigenvalue weighted by Crippen LogP contribution is -2.16. The second-order valence-electron chi connectivity index (χ2n) is 11.8. The van der Waals surface area contributed by atoms with Crippen molar-refractivity contribution in [3.05, 3.63) is 59.2 Å². The topological polar surface area (TPSA) is 0 Å². The van der Waals surface area contributed by atoms with Crippen LogP contribution in [-0.4, -0.2) is 0 Å². The molecule has 0 aromatic heterocycles. The fraction of sp³-hybridized carbons (Fsp3) is 0.636. The SMILES string of the molecule is CCCC1CCC(C[C@@H](C)c2ccc(-c3ccc(C4CCC(CCC)CC4)cc3)c(F)c2F)CC1. The smallest absolute Gasteiger partial charge is 0.166 e. The van der Waals surface area contributed by atoms with Crippen molar-refractivity contribution in [3.63, 3.8) is 0 Å². The van der Waals surface area contributed by atoms with E-state index in [1.165, 1.54) is 82.6 Å². The minimum Gasteiger partial charge on any atom is -0.203 e. The lowest BCUT2D eigenvalue weighted by Gasteiger charge is -2.30. The van der Waals surface area contributed by atoms with E-state index < -0.39 is 11.6 Å². The van der Waals surface area contributed by atoms with Crippen molar-refractivity contribution in [1.29, 1.82) is 0 Å². The quantitative estimate of drug-likeness (QED) is 0.335. The molecule has 2 aliphatic carbocycles. The first-order valence-corrected chi connectivity index (χ1v) is 14.6. The van der Waals surface area contributed by atoms with E-state index >= 15 is 8.78 Å². The lowest BCUT2D eigenvalue weighted by atomic mass is 9.76. The van der Waals surface area contributed by atoms with Gasteiger partial charge in [-0.1, -0.05) is 109 Å². The summed E-state index contributed by atoms with van der Waals surface area (Å²) >= 11 is 0. The Morgan fingerprint density at radius 2 is 1.23 bits per heavy atom. The fourth-order valence-electron chi connectivity index (χ4n) is 7.09. The monoisotopic (exact) mass is 480 g/mol. The molecular weight excluding hydrogens is 434 g/mol. The standard InChI is InChI=1S/C33H46F2/c1-4-6-24-8-10-26(11-9-24)22-23(3)30-20-21-31(33(35)32(30)34)29-18-16-28(17-19-29)27-14-12-25(7-5-2)13-15-27/h16-21,23-27H,4-15,22H2,1-3H3/t23-,24?,25?,26?,27?/m1/s1. The molecule has 2 heteroatoms. The van der Waals surface area contributed by atoms with Crippen LogP contribution in [0.3, 0.4) is 0 Å². The molecular formula is C33H46F2. The van der Waals surface area contributed by atoms with Gasteiger partial charge in [-0.15, -0.1) is 0 Å². The Kier molecular flexibility index (Phi) is 9.42. The van der Waals surface area contributed by atoms with E-state index in [9.17, 15) is 0 Å². The highest BCUT2D eigenvalue weighted by Crippen LogP contribution is 2.40. The molecule has 2 aromatic carbocycles. The zero-order valence-electron chi connectivity index (χ0n) is 22.3. The molecule has 2 fully saturated rings. The number of halogens is 2. The van der Waals surface area contributed by atoms with E-state index in [0.29, 0.717) is 23.0 Å². The number of hydrogen-bond donors (Lipinski definition) is 0. The molecule has 1 atom stereocenters. The van der Waals surface area contributed by atoms with E-state index in [-0.39, 0.29) is 5.92 Å². The van der Waals surface area contributed by atoms with Gasteiger partial charge in [0.25, 0.3) is 0 Å². The Morgan fingerprint density at radius 3 is 1.80 bits per heavy atom. The van der Waals surface area contributed by atoms with Gasteiger partial charge in [-0.3, -0.25) is 0 Å². The van der Waals surface area contributed by atoms with Gasteiger partial charge in [0, 0.05) is 5.56 Å². The summed E-state index contributed by atoms with van der Waals surface area (Å²) in [6.45, 7) is 6.61. The normalized spacial score (nSPS) is 26.0. The third-order valence-corrected chi connectivity index (χ3v) is 9.23. The summed E-state index contributed by atoms with van der Waals surface area (Å²) in [5, 5.41) is 0. The molecule has 0 N–H and O–H groups in total. The van der Waals surface area contributed by atoms with Gasteiger partial charge in [-0.25, -0.2) is 8.78 Å². The van der Waals surface area contributed by atoms with Gasteiger partial charge in [0.15, 0.2) is 11.6 Å². The molecule has 35 heavy (non-hydrogen) atoms. The van der Waals surface area contributed by atoms with E-state index in [2.05, 4.69) is 32.9 Å². The van der Waals surface area contributed by atoms with Gasteiger partial charge < -0.3 is 0 Å². The predicted molar refractivity (Wildman–Crippen MR) is 145 cm³/mol. The third-order valence-electron chi connectivity index (χ3n) is 9.23. The summed E-state index contributed by atoms with van der Waals surface area (Å²) in [6.07, 6.45) is 16.4. The van der Waals surface area contributed by atoms with Crippen molar-refractivity contribution in [2.75, 3.05) is 0 Å². The Morgan fingerprint density at radius 1 is 0.686 bits per heavy atom. The van der Waals surface area contributed by atoms with Crippen LogP contribution in [0.1, 0.15) is 127 Å². The molecule has 0 heterocycles. The Hall–Kier alpha value is -1.70. The maximum absolute atomic E-state index is 15.2. The molecule has 0 aliphatic heterocycles. The molecule has 0 unspecified atom stereocenters. The van der Waals surface area contributed by atoms with Crippen LogP contribution in [0.2, 0.25) is 0 Å². The average molecular weight is 481 g/mol. The number of hydrogen-bond acceptors (Lipinski definition) is 0. The van der Waals surface area contributed by atoms with Gasteiger partial charge in [-0.2, -0.15) is 0 Å². The van der Waals surface area contributed by atoms with Crippen LogP contribution >= 0.6 is 0 Å². The highest BCUT2D eigenvalue weighted by molar-refractivity contribution is 5.65. The van der Waals surface area contributed by atoms with Crippen molar-refractivity contribution < 1.29 is 8.78 Å². The van der Waals surface area contributed by atoms with Crippen LogP contribution in [-0.2, 0) is 0 Å². The molecule has 0 nitrogen and oxygen atoms in total. The van der Waals surface area contributed by atoms with Gasteiger partial charge in [0.05, 0.1) is 0 Å². The van der Waals surface area contributed by atoms with Gasteiger partial charge in [0.2, 0.25) is 0 Å². The second kappa shape index (κ2) is 12.5. The Labute approximate surface area is 212 Å². The van der Waals surface area contributed by atoms with Crippen molar-refractivity contribution in [2.24, 2.45) is 17.8 Å². The van der Waals surface area contributed by atoms with Gasteiger partial charge >= 0.3 is 0 Å². The van der Waals surface area contributed by atoms with Crippen LogP contribution in [0.15, 0.2) is 36.4 Å². The Bertz CT molecular complexity index is 915. The first-order chi connectivity index (χ1) is 17.0. The summed E-state index contributed by atoms with van der Waals surface area (Å²) in [7, 11) is 0. The van der Waals surface area contributed by atoms with Crippen LogP contribution < -0.4 is 0 Å². The molecule has 2 aliphatic rings. The van der Waals surface area contributed by atoms with Crippen molar-refractivity contribution >= 4 is 0 Å². The Balaban J connectivity index is 1.38. The summed E-state index contributed by atoms with van der Waals surface area (Å²) < 4.78 is 30.4. The molecule has 0 spiro atoms. The first-order valence-electron chi connectivity index (χ1n) is 14.6. The average Bonchev–Trinajstić information content (AvgIpc) is 2.88. The van der Waals surface area contributed by atoms with E-state index in [1.54, 1.807) is 6.07 Å². The highest BCUT2D eigenvalue weighted by atomic mass is 19.2. The molecule has 2 aromatic rings. The van der Waals surface area contributed by atoms with E-state index in [0.717, 1.165) is 23.8 Å². The van der Waals surface area contributed by atoms with Crippen molar-refractivity contribution in [3.8, 4) is 11.1 Å². The molecule has 4 rings (SSSR count). The lowest BCUT2D eigenvalue weighted by molar-refractivity contribution is 0.243. The largest absolute Gasteiger partial charge is 0.203 e. The molecule has 0 radical (unpaired) electrons. The van der Waals surface area contributed by atoms with E-state index in [1.807, 2.05) is 18.2 Å². The first kappa shape index (κ1) is 26.4.